The lowest BCUT2D eigenvalue weighted by Gasteiger charge is -2.14. The molecule has 0 bridgehead atoms. The number of carbonyl (C=O) groups excluding carboxylic acids is 1. The molecule has 0 fully saturated rings. The lowest BCUT2D eigenvalue weighted by molar-refractivity contribution is 0.0526. The minimum Gasteiger partial charge on any atom is -0.462 e. The van der Waals surface area contributed by atoms with Gasteiger partial charge in [-0.25, -0.2) is 14.8 Å². The van der Waals surface area contributed by atoms with Crippen LogP contribution in [0, 0.1) is 6.92 Å². The fraction of sp³-hybridized carbons (Fsp3) is 0.150. The zero-order valence-electron chi connectivity index (χ0n) is 14.5. The van der Waals surface area contributed by atoms with Crippen LogP contribution in [0.2, 0.25) is 0 Å². The molecule has 26 heavy (non-hydrogen) atoms. The maximum absolute atomic E-state index is 12.4. The van der Waals surface area contributed by atoms with Gasteiger partial charge in [0.1, 0.15) is 11.4 Å². The third-order valence-electron chi connectivity index (χ3n) is 3.71. The lowest BCUT2D eigenvalue weighted by atomic mass is 10.1. The second-order valence-corrected chi connectivity index (χ2v) is 6.49. The standard InChI is InChI=1S/C20H18BrN3O2/c1-3-26-20(25)17-13(2)22-18(14-7-5-4-6-8-14)24-19(17)23-16-11-9-15(21)10-12-16/h4-12H,3H2,1-2H3,(H,22,23,24). The van der Waals surface area contributed by atoms with Gasteiger partial charge in [0.2, 0.25) is 0 Å². The summed E-state index contributed by atoms with van der Waals surface area (Å²) >= 11 is 3.42. The molecule has 0 aliphatic rings. The summed E-state index contributed by atoms with van der Waals surface area (Å²) in [6, 6.07) is 17.3. The first-order chi connectivity index (χ1) is 12.6. The highest BCUT2D eigenvalue weighted by atomic mass is 79.9. The molecule has 1 aromatic heterocycles. The third kappa shape index (κ3) is 4.08. The molecule has 0 atom stereocenters. The van der Waals surface area contributed by atoms with Crippen LogP contribution < -0.4 is 5.32 Å². The van der Waals surface area contributed by atoms with E-state index >= 15 is 0 Å². The van der Waals surface area contributed by atoms with Gasteiger partial charge < -0.3 is 10.1 Å². The summed E-state index contributed by atoms with van der Waals surface area (Å²) in [5, 5.41) is 3.22. The van der Waals surface area contributed by atoms with Gasteiger partial charge in [-0.3, -0.25) is 0 Å². The van der Waals surface area contributed by atoms with Gasteiger partial charge >= 0.3 is 5.97 Å². The van der Waals surface area contributed by atoms with Crippen molar-refractivity contribution in [2.75, 3.05) is 11.9 Å². The van der Waals surface area contributed by atoms with Gasteiger partial charge in [-0.15, -0.1) is 0 Å². The van der Waals surface area contributed by atoms with Crippen LogP contribution >= 0.6 is 15.9 Å². The molecule has 6 heteroatoms. The Morgan fingerprint density at radius 3 is 2.42 bits per heavy atom. The first-order valence-corrected chi connectivity index (χ1v) is 9.01. The lowest BCUT2D eigenvalue weighted by Crippen LogP contribution is -2.13. The number of hydrogen-bond acceptors (Lipinski definition) is 5. The van der Waals surface area contributed by atoms with Crippen molar-refractivity contribution in [2.24, 2.45) is 0 Å². The van der Waals surface area contributed by atoms with E-state index in [1.165, 1.54) is 0 Å². The minimum atomic E-state index is -0.441. The van der Waals surface area contributed by atoms with Crippen LogP contribution in [-0.2, 0) is 4.74 Å². The van der Waals surface area contributed by atoms with E-state index in [2.05, 4.69) is 31.2 Å². The van der Waals surface area contributed by atoms with Crippen LogP contribution in [0.15, 0.2) is 59.1 Å². The molecule has 5 nitrogen and oxygen atoms in total. The first-order valence-electron chi connectivity index (χ1n) is 8.22. The number of halogens is 1. The summed E-state index contributed by atoms with van der Waals surface area (Å²) in [6.07, 6.45) is 0. The smallest absolute Gasteiger partial charge is 0.343 e. The molecule has 0 saturated carbocycles. The van der Waals surface area contributed by atoms with E-state index in [4.69, 9.17) is 4.74 Å². The Bertz CT molecular complexity index is 912. The molecule has 1 heterocycles. The Morgan fingerprint density at radius 2 is 1.77 bits per heavy atom. The molecule has 0 aliphatic carbocycles. The first kappa shape index (κ1) is 18.1. The minimum absolute atomic E-state index is 0.288. The monoisotopic (exact) mass is 411 g/mol. The Labute approximate surface area is 160 Å². The Kier molecular flexibility index (Phi) is 5.63. The van der Waals surface area contributed by atoms with Crippen molar-refractivity contribution in [2.45, 2.75) is 13.8 Å². The fourth-order valence-corrected chi connectivity index (χ4v) is 2.76. The number of nitrogens with zero attached hydrogens (tertiary/aromatic N) is 2. The predicted molar refractivity (Wildman–Crippen MR) is 106 cm³/mol. The molecule has 0 aliphatic heterocycles. The molecule has 2 aromatic carbocycles. The van der Waals surface area contributed by atoms with Crippen molar-refractivity contribution in [1.29, 1.82) is 0 Å². The van der Waals surface area contributed by atoms with Crippen molar-refractivity contribution in [3.8, 4) is 11.4 Å². The van der Waals surface area contributed by atoms with E-state index in [0.29, 0.717) is 22.9 Å². The number of carbonyl (C=O) groups is 1. The molecule has 0 saturated heterocycles. The molecule has 0 radical (unpaired) electrons. The summed E-state index contributed by atoms with van der Waals surface area (Å²) in [4.78, 5) is 21.5. The van der Waals surface area contributed by atoms with Crippen LogP contribution in [0.1, 0.15) is 23.0 Å². The largest absolute Gasteiger partial charge is 0.462 e. The molecule has 0 spiro atoms. The van der Waals surface area contributed by atoms with Gasteiger partial charge in [0.15, 0.2) is 5.82 Å². The van der Waals surface area contributed by atoms with Gasteiger partial charge in [-0.05, 0) is 38.1 Å². The van der Waals surface area contributed by atoms with Gasteiger partial charge in [0.05, 0.1) is 12.3 Å². The number of nitrogens with one attached hydrogen (secondary N) is 1. The molecule has 3 rings (SSSR count). The van der Waals surface area contributed by atoms with E-state index in [1.54, 1.807) is 13.8 Å². The van der Waals surface area contributed by atoms with Crippen molar-refractivity contribution >= 4 is 33.4 Å². The van der Waals surface area contributed by atoms with Crippen LogP contribution in [0.3, 0.4) is 0 Å². The second-order valence-electron chi connectivity index (χ2n) is 5.57. The Balaban J connectivity index is 2.08. The summed E-state index contributed by atoms with van der Waals surface area (Å²) in [5.74, 6) is 0.539. The maximum atomic E-state index is 12.4. The van der Waals surface area contributed by atoms with E-state index < -0.39 is 5.97 Å². The van der Waals surface area contributed by atoms with Gasteiger partial charge in [0, 0.05) is 15.7 Å². The van der Waals surface area contributed by atoms with Crippen LogP contribution in [-0.4, -0.2) is 22.5 Å². The third-order valence-corrected chi connectivity index (χ3v) is 4.24. The zero-order valence-corrected chi connectivity index (χ0v) is 16.1. The van der Waals surface area contributed by atoms with Gasteiger partial charge in [-0.1, -0.05) is 46.3 Å². The number of ether oxygens (including phenoxy) is 1. The topological polar surface area (TPSA) is 64.1 Å². The normalized spacial score (nSPS) is 10.4. The van der Waals surface area contributed by atoms with Crippen molar-refractivity contribution < 1.29 is 9.53 Å². The molecular weight excluding hydrogens is 394 g/mol. The molecule has 1 N–H and O–H groups in total. The average Bonchev–Trinajstić information content (AvgIpc) is 2.64. The van der Waals surface area contributed by atoms with E-state index in [9.17, 15) is 4.79 Å². The number of rotatable bonds is 5. The number of aryl methyl sites for hydroxylation is 1. The van der Waals surface area contributed by atoms with Crippen LogP contribution in [0.25, 0.3) is 11.4 Å². The summed E-state index contributed by atoms with van der Waals surface area (Å²) in [7, 11) is 0. The number of hydrogen-bond donors (Lipinski definition) is 1. The quantitative estimate of drug-likeness (QED) is 0.589. The Hall–Kier alpha value is -2.73. The fourth-order valence-electron chi connectivity index (χ4n) is 2.50. The zero-order chi connectivity index (χ0) is 18.5. The van der Waals surface area contributed by atoms with E-state index in [0.717, 1.165) is 15.7 Å². The molecule has 132 valence electrons. The Morgan fingerprint density at radius 1 is 1.08 bits per heavy atom. The predicted octanol–water partition coefficient (Wildman–Crippen LogP) is 5.13. The number of esters is 1. The number of anilines is 2. The highest BCUT2D eigenvalue weighted by Crippen LogP contribution is 2.26. The molecular formula is C20H18BrN3O2. The SMILES string of the molecule is CCOC(=O)c1c(C)nc(-c2ccccc2)nc1Nc1ccc(Br)cc1. The van der Waals surface area contributed by atoms with Crippen molar-refractivity contribution in [3.63, 3.8) is 0 Å². The summed E-state index contributed by atoms with van der Waals surface area (Å²) < 4.78 is 6.16. The van der Waals surface area contributed by atoms with Crippen molar-refractivity contribution in [3.05, 3.63) is 70.3 Å². The van der Waals surface area contributed by atoms with Crippen LogP contribution in [0.4, 0.5) is 11.5 Å². The molecule has 0 unspecified atom stereocenters. The number of aromatic nitrogens is 2. The second kappa shape index (κ2) is 8.10. The van der Waals surface area contributed by atoms with E-state index in [-0.39, 0.29) is 6.61 Å². The summed E-state index contributed by atoms with van der Waals surface area (Å²) in [6.45, 7) is 3.85. The molecule has 0 amide bonds. The molecule has 3 aromatic rings. The average molecular weight is 412 g/mol. The highest BCUT2D eigenvalue weighted by molar-refractivity contribution is 9.10. The highest BCUT2D eigenvalue weighted by Gasteiger charge is 2.20. The van der Waals surface area contributed by atoms with Crippen LogP contribution in [0.5, 0.6) is 0 Å². The van der Waals surface area contributed by atoms with E-state index in [1.807, 2.05) is 54.6 Å². The summed E-state index contributed by atoms with van der Waals surface area (Å²) in [5.41, 5.74) is 2.60. The van der Waals surface area contributed by atoms with Crippen molar-refractivity contribution in [1.82, 2.24) is 9.97 Å². The number of benzene rings is 2. The van der Waals surface area contributed by atoms with Gasteiger partial charge in [-0.2, -0.15) is 0 Å². The van der Waals surface area contributed by atoms with Gasteiger partial charge in [0.25, 0.3) is 0 Å². The maximum Gasteiger partial charge on any atom is 0.343 e.